The summed E-state index contributed by atoms with van der Waals surface area (Å²) in [5, 5.41) is 10.8. The van der Waals surface area contributed by atoms with Crippen molar-refractivity contribution in [2.75, 3.05) is 0 Å². The Hall–Kier alpha value is -2.81. The highest BCUT2D eigenvalue weighted by molar-refractivity contribution is 9.10. The molecule has 0 aliphatic rings. The van der Waals surface area contributed by atoms with E-state index in [0.29, 0.717) is 0 Å². The number of aromatic nitrogens is 1. The summed E-state index contributed by atoms with van der Waals surface area (Å²) in [6, 6.07) is 8.63. The van der Waals surface area contributed by atoms with Crippen molar-refractivity contribution in [2.45, 2.75) is 0 Å². The normalized spacial score (nSPS) is 9.86. The van der Waals surface area contributed by atoms with Gasteiger partial charge in [0, 0.05) is 17.8 Å². The number of nitro benzene ring substituents is 1. The molecule has 0 bridgehead atoms. The Kier molecular flexibility index (Phi) is 4.79. The number of amides is 2. The van der Waals surface area contributed by atoms with Crippen molar-refractivity contribution >= 4 is 33.4 Å². The molecule has 0 atom stereocenters. The number of hydrazine groups is 1. The molecule has 0 saturated carbocycles. The van der Waals surface area contributed by atoms with Crippen molar-refractivity contribution in [1.82, 2.24) is 15.8 Å². The minimum atomic E-state index is -0.681. The molecule has 1 aromatic carbocycles. The Balaban J connectivity index is 2.05. The van der Waals surface area contributed by atoms with Crippen LogP contribution < -0.4 is 10.9 Å². The number of pyridine rings is 1. The van der Waals surface area contributed by atoms with Gasteiger partial charge in [-0.25, -0.2) is 0 Å². The summed E-state index contributed by atoms with van der Waals surface area (Å²) in [6.07, 6.45) is 1.44. The first-order valence-corrected chi connectivity index (χ1v) is 6.74. The van der Waals surface area contributed by atoms with Crippen LogP contribution >= 0.6 is 15.9 Å². The third kappa shape index (κ3) is 3.64. The molecule has 0 fully saturated rings. The van der Waals surface area contributed by atoms with Gasteiger partial charge in [-0.2, -0.15) is 0 Å². The van der Waals surface area contributed by atoms with E-state index in [-0.39, 0.29) is 21.4 Å². The summed E-state index contributed by atoms with van der Waals surface area (Å²) in [5.41, 5.74) is 4.27. The topological polar surface area (TPSA) is 114 Å². The van der Waals surface area contributed by atoms with Crippen molar-refractivity contribution in [1.29, 1.82) is 0 Å². The highest BCUT2D eigenvalue weighted by Gasteiger charge is 2.16. The summed E-state index contributed by atoms with van der Waals surface area (Å²) in [7, 11) is 0. The molecule has 2 rings (SSSR count). The zero-order valence-electron chi connectivity index (χ0n) is 10.9. The number of nitro groups is 1. The van der Waals surface area contributed by atoms with Gasteiger partial charge in [-0.3, -0.25) is 35.5 Å². The highest BCUT2D eigenvalue weighted by Crippen LogP contribution is 2.25. The second kappa shape index (κ2) is 6.76. The van der Waals surface area contributed by atoms with E-state index in [1.54, 1.807) is 12.1 Å². The average molecular weight is 365 g/mol. The first-order chi connectivity index (χ1) is 10.5. The first-order valence-electron chi connectivity index (χ1n) is 5.94. The van der Waals surface area contributed by atoms with E-state index in [1.165, 1.54) is 24.4 Å². The molecule has 1 heterocycles. The lowest BCUT2D eigenvalue weighted by atomic mass is 10.2. The van der Waals surface area contributed by atoms with E-state index >= 15 is 0 Å². The first kappa shape index (κ1) is 15.6. The fourth-order valence-corrected chi connectivity index (χ4v) is 1.93. The fraction of sp³-hybridized carbons (Fsp3) is 0. The van der Waals surface area contributed by atoms with Crippen molar-refractivity contribution in [2.24, 2.45) is 0 Å². The van der Waals surface area contributed by atoms with Crippen LogP contribution in [0.1, 0.15) is 20.8 Å². The molecule has 2 aromatic rings. The summed E-state index contributed by atoms with van der Waals surface area (Å²) < 4.78 is 0.256. The molecule has 22 heavy (non-hydrogen) atoms. The third-order valence-corrected chi connectivity index (χ3v) is 3.26. The maximum Gasteiger partial charge on any atom is 0.288 e. The van der Waals surface area contributed by atoms with Crippen LogP contribution in [0.5, 0.6) is 0 Å². The van der Waals surface area contributed by atoms with Gasteiger partial charge in [0.1, 0.15) is 5.69 Å². The van der Waals surface area contributed by atoms with Gasteiger partial charge in [0.05, 0.1) is 9.40 Å². The van der Waals surface area contributed by atoms with Gasteiger partial charge < -0.3 is 0 Å². The fourth-order valence-electron chi connectivity index (χ4n) is 1.54. The number of nitrogens with one attached hydrogen (secondary N) is 2. The molecule has 0 aliphatic heterocycles. The van der Waals surface area contributed by atoms with E-state index in [1.807, 2.05) is 0 Å². The van der Waals surface area contributed by atoms with Crippen molar-refractivity contribution in [3.63, 3.8) is 0 Å². The van der Waals surface area contributed by atoms with Gasteiger partial charge in [-0.1, -0.05) is 6.07 Å². The Bertz CT molecular complexity index is 736. The van der Waals surface area contributed by atoms with Gasteiger partial charge in [0.2, 0.25) is 0 Å². The molecule has 0 unspecified atom stereocenters. The molecule has 112 valence electrons. The number of nitrogens with zero attached hydrogens (tertiary/aromatic N) is 2. The van der Waals surface area contributed by atoms with Crippen LogP contribution in [0.15, 0.2) is 47.1 Å². The van der Waals surface area contributed by atoms with Gasteiger partial charge in [0.15, 0.2) is 0 Å². The van der Waals surface area contributed by atoms with E-state index in [2.05, 4.69) is 31.8 Å². The number of carbonyl (C=O) groups excluding carboxylic acids is 2. The van der Waals surface area contributed by atoms with Crippen molar-refractivity contribution in [3.8, 4) is 0 Å². The molecule has 2 amide bonds. The van der Waals surface area contributed by atoms with Crippen LogP contribution in [0.4, 0.5) is 5.69 Å². The zero-order valence-corrected chi connectivity index (χ0v) is 12.5. The van der Waals surface area contributed by atoms with E-state index in [9.17, 15) is 19.7 Å². The van der Waals surface area contributed by atoms with Crippen molar-refractivity contribution in [3.05, 3.63) is 68.4 Å². The predicted octanol–water partition coefficient (Wildman–Crippen LogP) is 1.83. The Morgan fingerprint density at radius 3 is 2.50 bits per heavy atom. The standard InChI is InChI=1S/C13H9BrN4O4/c14-9-5-4-8(7-11(9)18(21)22)12(19)16-17-13(20)10-3-1-2-6-15-10/h1-7H,(H,16,19)(H,17,20). The average Bonchev–Trinajstić information content (AvgIpc) is 2.53. The molecule has 2 N–H and O–H groups in total. The second-order valence-electron chi connectivity index (χ2n) is 4.05. The molecule has 1 aromatic heterocycles. The molecule has 0 saturated heterocycles. The van der Waals surface area contributed by atoms with Crippen molar-refractivity contribution < 1.29 is 14.5 Å². The van der Waals surface area contributed by atoms with Crippen LogP contribution in [0.2, 0.25) is 0 Å². The van der Waals surface area contributed by atoms with E-state index in [4.69, 9.17) is 0 Å². The maximum absolute atomic E-state index is 11.9. The molecule has 0 spiro atoms. The summed E-state index contributed by atoms with van der Waals surface area (Å²) in [4.78, 5) is 37.6. The molecule has 9 heteroatoms. The summed E-state index contributed by atoms with van der Waals surface area (Å²) in [5.74, 6) is -1.28. The Labute approximate surface area is 132 Å². The SMILES string of the molecule is O=C(NNC(=O)c1ccccn1)c1ccc(Br)c([N+](=O)[O-])c1. The lowest BCUT2D eigenvalue weighted by Gasteiger charge is -2.07. The summed E-state index contributed by atoms with van der Waals surface area (Å²) >= 11 is 3.02. The van der Waals surface area contributed by atoms with Gasteiger partial charge >= 0.3 is 0 Å². The van der Waals surface area contributed by atoms with Crippen LogP contribution in [0.3, 0.4) is 0 Å². The molecule has 0 radical (unpaired) electrons. The molecule has 8 nitrogen and oxygen atoms in total. The van der Waals surface area contributed by atoms with Crippen LogP contribution in [-0.2, 0) is 0 Å². The lowest BCUT2D eigenvalue weighted by Crippen LogP contribution is -2.41. The predicted molar refractivity (Wildman–Crippen MR) is 80.0 cm³/mol. The van der Waals surface area contributed by atoms with E-state index in [0.717, 1.165) is 6.07 Å². The lowest BCUT2D eigenvalue weighted by molar-refractivity contribution is -0.385. The molecular formula is C13H9BrN4O4. The Morgan fingerprint density at radius 1 is 1.14 bits per heavy atom. The highest BCUT2D eigenvalue weighted by atomic mass is 79.9. The quantitative estimate of drug-likeness (QED) is 0.636. The largest absolute Gasteiger partial charge is 0.288 e. The third-order valence-electron chi connectivity index (χ3n) is 2.59. The zero-order chi connectivity index (χ0) is 16.1. The second-order valence-corrected chi connectivity index (χ2v) is 4.90. The van der Waals surface area contributed by atoms with Gasteiger partial charge in [0.25, 0.3) is 17.5 Å². The number of benzene rings is 1. The summed E-state index contributed by atoms with van der Waals surface area (Å²) in [6.45, 7) is 0. The van der Waals surface area contributed by atoms with Crippen LogP contribution in [-0.4, -0.2) is 21.7 Å². The molecule has 0 aliphatic carbocycles. The minimum Gasteiger partial charge on any atom is -0.267 e. The number of halogens is 1. The van der Waals surface area contributed by atoms with Gasteiger partial charge in [-0.15, -0.1) is 0 Å². The maximum atomic E-state index is 11.9. The smallest absolute Gasteiger partial charge is 0.267 e. The number of rotatable bonds is 3. The minimum absolute atomic E-state index is 0.0382. The number of hydrogen-bond donors (Lipinski definition) is 2. The van der Waals surface area contributed by atoms with E-state index < -0.39 is 16.7 Å². The van der Waals surface area contributed by atoms with Crippen LogP contribution in [0.25, 0.3) is 0 Å². The number of hydrogen-bond acceptors (Lipinski definition) is 5. The van der Waals surface area contributed by atoms with Crippen LogP contribution in [0, 0.1) is 10.1 Å². The molecular weight excluding hydrogens is 356 g/mol. The van der Waals surface area contributed by atoms with Gasteiger partial charge in [-0.05, 0) is 40.2 Å². The number of carbonyl (C=O) groups is 2. The Morgan fingerprint density at radius 2 is 1.86 bits per heavy atom. The monoisotopic (exact) mass is 364 g/mol.